The van der Waals surface area contributed by atoms with Crippen LogP contribution in [0.2, 0.25) is 0 Å². The van der Waals surface area contributed by atoms with Crippen molar-refractivity contribution < 1.29 is 13.7 Å². The molecule has 0 atom stereocenters. The molecule has 1 aromatic heterocycles. The predicted octanol–water partition coefficient (Wildman–Crippen LogP) is 3.88. The third-order valence-electron chi connectivity index (χ3n) is 4.95. The van der Waals surface area contributed by atoms with Gasteiger partial charge in [-0.25, -0.2) is 4.39 Å². The van der Waals surface area contributed by atoms with Gasteiger partial charge in [-0.1, -0.05) is 23.4 Å². The van der Waals surface area contributed by atoms with Crippen molar-refractivity contribution in [3.05, 3.63) is 71.2 Å². The fourth-order valence-corrected chi connectivity index (χ4v) is 3.45. The highest BCUT2D eigenvalue weighted by atomic mass is 19.1. The van der Waals surface area contributed by atoms with Gasteiger partial charge in [0.25, 0.3) is 5.91 Å². The largest absolute Gasteiger partial charge is 0.373 e. The van der Waals surface area contributed by atoms with Crippen LogP contribution in [0.25, 0.3) is 11.3 Å². The minimum Gasteiger partial charge on any atom is -0.373 e. The van der Waals surface area contributed by atoms with Crippen molar-refractivity contribution in [2.75, 3.05) is 25.0 Å². The minimum absolute atomic E-state index is 0.127. The van der Waals surface area contributed by atoms with Crippen LogP contribution in [0.4, 0.5) is 10.1 Å². The van der Waals surface area contributed by atoms with E-state index in [0.717, 1.165) is 17.8 Å². The number of hydrogen-bond acceptors (Lipinski definition) is 4. The van der Waals surface area contributed by atoms with E-state index in [1.54, 1.807) is 19.1 Å². The molecule has 0 N–H and O–H groups in total. The summed E-state index contributed by atoms with van der Waals surface area (Å²) in [7, 11) is 2.03. The Hall–Kier alpha value is -3.15. The summed E-state index contributed by atoms with van der Waals surface area (Å²) in [5, 5.41) is 4.06. The Labute approximate surface area is 157 Å². The number of para-hydroxylation sites is 1. The number of carbonyl (C=O) groups is 1. The quantitative estimate of drug-likeness (QED) is 0.692. The summed E-state index contributed by atoms with van der Waals surface area (Å²) in [4.78, 5) is 17.3. The van der Waals surface area contributed by atoms with Gasteiger partial charge in [-0.05, 0) is 42.8 Å². The van der Waals surface area contributed by atoms with E-state index in [0.29, 0.717) is 35.7 Å². The number of benzene rings is 2. The van der Waals surface area contributed by atoms with Gasteiger partial charge in [0.05, 0.1) is 0 Å². The van der Waals surface area contributed by atoms with Gasteiger partial charge in [0.15, 0.2) is 0 Å². The number of fused-ring (bicyclic) bond motifs is 1. The maximum Gasteiger partial charge on any atom is 0.260 e. The molecule has 0 spiro atoms. The number of nitrogens with zero attached hydrogens (tertiary/aromatic N) is 3. The minimum atomic E-state index is -0.334. The van der Waals surface area contributed by atoms with Crippen molar-refractivity contribution in [3.8, 4) is 11.3 Å². The maximum atomic E-state index is 13.3. The summed E-state index contributed by atoms with van der Waals surface area (Å²) < 4.78 is 18.6. The average Bonchev–Trinajstić information content (AvgIpc) is 2.97. The third-order valence-corrected chi connectivity index (χ3v) is 4.95. The van der Waals surface area contributed by atoms with Gasteiger partial charge < -0.3 is 14.3 Å². The monoisotopic (exact) mass is 365 g/mol. The van der Waals surface area contributed by atoms with Crippen LogP contribution in [0.3, 0.4) is 0 Å². The summed E-state index contributed by atoms with van der Waals surface area (Å²) in [5.41, 5.74) is 3.77. The summed E-state index contributed by atoms with van der Waals surface area (Å²) in [6, 6.07) is 14.0. The molecule has 0 unspecified atom stereocenters. The second-order valence-electron chi connectivity index (χ2n) is 6.75. The first kappa shape index (κ1) is 17.3. The number of rotatable bonds is 2. The second kappa shape index (κ2) is 6.87. The molecule has 4 rings (SSSR count). The number of aryl methyl sites for hydroxylation is 1. The molecular formula is C21H20FN3O2. The molecule has 0 saturated heterocycles. The zero-order valence-electron chi connectivity index (χ0n) is 15.3. The van der Waals surface area contributed by atoms with E-state index in [1.807, 2.05) is 30.1 Å². The molecule has 0 bridgehead atoms. The normalized spacial score (nSPS) is 14.0. The smallest absolute Gasteiger partial charge is 0.260 e. The van der Waals surface area contributed by atoms with Crippen LogP contribution in [0, 0.1) is 12.7 Å². The molecule has 6 heteroatoms. The standard InChI is InChI=1S/C21H20FN3O2/c1-14-19(20(23-27-14)15-7-9-17(22)10-8-15)21(26)25-12-11-24(2)18-6-4-3-5-16(18)13-25/h3-10H,11-13H2,1-2H3. The Kier molecular flexibility index (Phi) is 4.39. The zero-order chi connectivity index (χ0) is 19.0. The maximum absolute atomic E-state index is 13.3. The Morgan fingerprint density at radius 2 is 1.85 bits per heavy atom. The van der Waals surface area contributed by atoms with Gasteiger partial charge in [0.1, 0.15) is 22.8 Å². The summed E-state index contributed by atoms with van der Waals surface area (Å²) in [5.74, 6) is 0.00222. The molecule has 3 aromatic rings. The molecule has 0 saturated carbocycles. The van der Waals surface area contributed by atoms with Crippen molar-refractivity contribution in [3.63, 3.8) is 0 Å². The number of hydrogen-bond donors (Lipinski definition) is 0. The van der Waals surface area contributed by atoms with E-state index in [-0.39, 0.29) is 11.7 Å². The Morgan fingerprint density at radius 3 is 2.63 bits per heavy atom. The lowest BCUT2D eigenvalue weighted by atomic mass is 10.0. The summed E-state index contributed by atoms with van der Waals surface area (Å²) in [6.07, 6.45) is 0. The lowest BCUT2D eigenvalue weighted by molar-refractivity contribution is 0.0750. The number of aromatic nitrogens is 1. The van der Waals surface area contributed by atoms with E-state index in [2.05, 4.69) is 16.1 Å². The highest BCUT2D eigenvalue weighted by Crippen LogP contribution is 2.29. The molecule has 2 heterocycles. The van der Waals surface area contributed by atoms with Crippen LogP contribution < -0.4 is 4.90 Å². The van der Waals surface area contributed by atoms with Crippen LogP contribution in [-0.2, 0) is 6.54 Å². The van der Waals surface area contributed by atoms with Crippen LogP contribution in [0.5, 0.6) is 0 Å². The van der Waals surface area contributed by atoms with Crippen LogP contribution in [0.15, 0.2) is 53.1 Å². The molecule has 27 heavy (non-hydrogen) atoms. The highest BCUT2D eigenvalue weighted by Gasteiger charge is 2.28. The fraction of sp³-hybridized carbons (Fsp3) is 0.238. The van der Waals surface area contributed by atoms with E-state index >= 15 is 0 Å². The first-order valence-electron chi connectivity index (χ1n) is 8.85. The fourth-order valence-electron chi connectivity index (χ4n) is 3.45. The van der Waals surface area contributed by atoms with Crippen LogP contribution in [0.1, 0.15) is 21.7 Å². The van der Waals surface area contributed by atoms with E-state index in [4.69, 9.17) is 4.52 Å². The van der Waals surface area contributed by atoms with Gasteiger partial charge in [-0.15, -0.1) is 0 Å². The highest BCUT2D eigenvalue weighted by molar-refractivity contribution is 6.00. The van der Waals surface area contributed by atoms with Crippen LogP contribution >= 0.6 is 0 Å². The van der Waals surface area contributed by atoms with Gasteiger partial charge in [-0.2, -0.15) is 0 Å². The van der Waals surface area contributed by atoms with Gasteiger partial charge in [0.2, 0.25) is 0 Å². The Morgan fingerprint density at radius 1 is 1.11 bits per heavy atom. The van der Waals surface area contributed by atoms with Gasteiger partial charge in [0, 0.05) is 37.9 Å². The lowest BCUT2D eigenvalue weighted by Gasteiger charge is -2.21. The number of halogens is 1. The predicted molar refractivity (Wildman–Crippen MR) is 101 cm³/mol. The van der Waals surface area contributed by atoms with Crippen LogP contribution in [-0.4, -0.2) is 36.1 Å². The van der Waals surface area contributed by atoms with Gasteiger partial charge >= 0.3 is 0 Å². The van der Waals surface area contributed by atoms with E-state index in [1.165, 1.54) is 12.1 Å². The van der Waals surface area contributed by atoms with Gasteiger partial charge in [-0.3, -0.25) is 4.79 Å². The summed E-state index contributed by atoms with van der Waals surface area (Å²) >= 11 is 0. The molecule has 1 amide bonds. The van der Waals surface area contributed by atoms with Crippen molar-refractivity contribution in [1.29, 1.82) is 0 Å². The topological polar surface area (TPSA) is 49.6 Å². The number of amides is 1. The molecule has 5 nitrogen and oxygen atoms in total. The second-order valence-corrected chi connectivity index (χ2v) is 6.75. The Balaban J connectivity index is 1.70. The molecule has 1 aliphatic heterocycles. The molecule has 138 valence electrons. The van der Waals surface area contributed by atoms with Crippen molar-refractivity contribution in [2.24, 2.45) is 0 Å². The van der Waals surface area contributed by atoms with E-state index in [9.17, 15) is 9.18 Å². The third kappa shape index (κ3) is 3.18. The Bertz CT molecular complexity index is 981. The first-order valence-corrected chi connectivity index (χ1v) is 8.85. The molecule has 0 fully saturated rings. The number of anilines is 1. The number of carbonyl (C=O) groups excluding carboxylic acids is 1. The molecule has 0 aliphatic carbocycles. The first-order chi connectivity index (χ1) is 13.0. The molecule has 2 aromatic carbocycles. The molecule has 0 radical (unpaired) electrons. The van der Waals surface area contributed by atoms with Crippen molar-refractivity contribution >= 4 is 11.6 Å². The molecule has 1 aliphatic rings. The molecular weight excluding hydrogens is 345 g/mol. The van der Waals surface area contributed by atoms with Crippen molar-refractivity contribution in [2.45, 2.75) is 13.5 Å². The van der Waals surface area contributed by atoms with Crippen molar-refractivity contribution in [1.82, 2.24) is 10.1 Å². The summed E-state index contributed by atoms with van der Waals surface area (Å²) in [6.45, 7) is 3.58. The SMILES string of the molecule is Cc1onc(-c2ccc(F)cc2)c1C(=O)N1CCN(C)c2ccccc2C1. The number of likely N-dealkylation sites (N-methyl/N-ethyl adjacent to an activating group) is 1. The van der Waals surface area contributed by atoms with E-state index < -0.39 is 0 Å². The zero-order valence-corrected chi connectivity index (χ0v) is 15.3. The average molecular weight is 365 g/mol. The lowest BCUT2D eigenvalue weighted by Crippen LogP contribution is -2.34.